The molecule has 0 saturated carbocycles. The Bertz CT molecular complexity index is 796. The minimum absolute atomic E-state index is 0.267. The van der Waals surface area contributed by atoms with Gasteiger partial charge in [0, 0.05) is 0 Å². The molecule has 0 unspecified atom stereocenters. The van der Waals surface area contributed by atoms with Crippen molar-refractivity contribution in [2.45, 2.75) is 43.1 Å². The Morgan fingerprint density at radius 2 is 2.04 bits per heavy atom. The molecule has 5 N–H and O–H groups in total. The molecule has 0 amide bonds. The van der Waals surface area contributed by atoms with Crippen LogP contribution in [0.15, 0.2) is 24.8 Å². The summed E-state index contributed by atoms with van der Waals surface area (Å²) in [5, 5.41) is 42.4. The van der Waals surface area contributed by atoms with E-state index in [4.69, 9.17) is 4.74 Å². The molecule has 10 heteroatoms. The van der Waals surface area contributed by atoms with Gasteiger partial charge in [-0.2, -0.15) is 0 Å². The van der Waals surface area contributed by atoms with E-state index < -0.39 is 37.3 Å². The highest BCUT2D eigenvalue weighted by Crippen LogP contribution is 2.32. The molecule has 0 radical (unpaired) electrons. The quantitative estimate of drug-likeness (QED) is 0.418. The molecule has 0 bridgehead atoms. The molecule has 10 nitrogen and oxygen atoms in total. The summed E-state index contributed by atoms with van der Waals surface area (Å²) in [7, 11) is 0. The monoisotopic (exact) mass is 349 g/mol. The van der Waals surface area contributed by atoms with Gasteiger partial charge in [-0.15, -0.1) is 0 Å². The molecule has 1 saturated heterocycles. The predicted molar refractivity (Wildman–Crippen MR) is 85.5 cm³/mol. The number of anilines is 1. The Hall–Kier alpha value is -2.11. The Labute approximate surface area is 142 Å². The highest BCUT2D eigenvalue weighted by molar-refractivity contribution is 5.83. The van der Waals surface area contributed by atoms with Gasteiger partial charge in [0.25, 0.3) is 0 Å². The van der Waals surface area contributed by atoms with Crippen molar-refractivity contribution in [3.8, 4) is 0 Å². The fraction of sp³-hybridized carbons (Fsp3) is 0.533. The maximum atomic E-state index is 10.2. The van der Waals surface area contributed by atoms with Crippen LogP contribution in [-0.4, -0.2) is 77.0 Å². The van der Waals surface area contributed by atoms with Crippen molar-refractivity contribution >= 4 is 17.0 Å². The second-order valence-corrected chi connectivity index (χ2v) is 6.18. The third-order valence-corrected chi connectivity index (χ3v) is 4.59. The van der Waals surface area contributed by atoms with Crippen molar-refractivity contribution in [1.29, 1.82) is 0 Å². The zero-order valence-electron chi connectivity index (χ0n) is 13.2. The standard InChI is InChI=1S/C15H19N5O5/c21-4-9-11(23)12(24)15(25-9)20-6-18-10-13(16-5-17-14(10)20)19-7-2-1-3-8(7)22/h1-2,5-9,11-12,15,21-24H,3-4H2,(H,16,17,19)/t7-,8+,9-,11-,12-,15-/m1/s1. The molecule has 1 aliphatic heterocycles. The van der Waals surface area contributed by atoms with Crippen LogP contribution in [0.25, 0.3) is 11.2 Å². The number of nitrogens with zero attached hydrogens (tertiary/aromatic N) is 4. The lowest BCUT2D eigenvalue weighted by Gasteiger charge is -2.18. The summed E-state index contributed by atoms with van der Waals surface area (Å²) in [6.07, 6.45) is 2.34. The lowest BCUT2D eigenvalue weighted by atomic mass is 10.1. The van der Waals surface area contributed by atoms with E-state index >= 15 is 0 Å². The number of fused-ring (bicyclic) bond motifs is 1. The van der Waals surface area contributed by atoms with E-state index in [-0.39, 0.29) is 6.04 Å². The Morgan fingerprint density at radius 3 is 2.72 bits per heavy atom. The minimum Gasteiger partial charge on any atom is -0.394 e. The van der Waals surface area contributed by atoms with E-state index in [0.717, 1.165) is 0 Å². The zero-order chi connectivity index (χ0) is 17.6. The van der Waals surface area contributed by atoms with Crippen LogP contribution in [0.1, 0.15) is 12.6 Å². The van der Waals surface area contributed by atoms with Gasteiger partial charge in [0.05, 0.1) is 25.1 Å². The number of aliphatic hydroxyl groups is 4. The Kier molecular flexibility index (Phi) is 4.13. The van der Waals surface area contributed by atoms with Gasteiger partial charge in [-0.1, -0.05) is 12.2 Å². The van der Waals surface area contributed by atoms with Gasteiger partial charge in [-0.05, 0) is 6.42 Å². The number of imidazole rings is 1. The van der Waals surface area contributed by atoms with Crippen LogP contribution in [0.3, 0.4) is 0 Å². The molecule has 2 aromatic heterocycles. The van der Waals surface area contributed by atoms with Crippen LogP contribution >= 0.6 is 0 Å². The van der Waals surface area contributed by atoms with Gasteiger partial charge in [0.1, 0.15) is 24.6 Å². The van der Waals surface area contributed by atoms with Crippen molar-refractivity contribution in [1.82, 2.24) is 19.5 Å². The van der Waals surface area contributed by atoms with Crippen LogP contribution < -0.4 is 5.32 Å². The molecule has 0 aromatic carbocycles. The number of hydrogen-bond donors (Lipinski definition) is 5. The largest absolute Gasteiger partial charge is 0.394 e. The summed E-state index contributed by atoms with van der Waals surface area (Å²) in [5.41, 5.74) is 0.858. The molecule has 2 aromatic rings. The van der Waals surface area contributed by atoms with Crippen LogP contribution in [0, 0.1) is 0 Å². The molecule has 1 aliphatic carbocycles. The predicted octanol–water partition coefficient (Wildman–Crippen LogP) is -1.46. The summed E-state index contributed by atoms with van der Waals surface area (Å²) in [6.45, 7) is -0.408. The molecule has 0 spiro atoms. The van der Waals surface area contributed by atoms with Gasteiger partial charge < -0.3 is 30.5 Å². The van der Waals surface area contributed by atoms with Crippen LogP contribution in [0.2, 0.25) is 0 Å². The first-order valence-electron chi connectivity index (χ1n) is 8.01. The molecule has 4 rings (SSSR count). The summed E-state index contributed by atoms with van der Waals surface area (Å²) in [6, 6.07) is -0.267. The van der Waals surface area contributed by atoms with E-state index in [1.165, 1.54) is 17.2 Å². The molecule has 2 aliphatic rings. The van der Waals surface area contributed by atoms with Gasteiger partial charge in [0.15, 0.2) is 23.2 Å². The maximum Gasteiger partial charge on any atom is 0.167 e. The lowest BCUT2D eigenvalue weighted by Crippen LogP contribution is -2.33. The Balaban J connectivity index is 1.66. The highest BCUT2D eigenvalue weighted by atomic mass is 16.6. The van der Waals surface area contributed by atoms with Crippen molar-refractivity contribution in [3.05, 3.63) is 24.8 Å². The van der Waals surface area contributed by atoms with Crippen LogP contribution in [0.5, 0.6) is 0 Å². The van der Waals surface area contributed by atoms with E-state index in [2.05, 4.69) is 20.3 Å². The van der Waals surface area contributed by atoms with Gasteiger partial charge in [-0.25, -0.2) is 15.0 Å². The molecular weight excluding hydrogens is 330 g/mol. The maximum absolute atomic E-state index is 10.2. The first kappa shape index (κ1) is 16.4. The van der Waals surface area contributed by atoms with E-state index in [1.54, 1.807) is 0 Å². The number of aliphatic hydroxyl groups excluding tert-OH is 4. The third-order valence-electron chi connectivity index (χ3n) is 4.59. The van der Waals surface area contributed by atoms with Crippen molar-refractivity contribution in [2.75, 3.05) is 11.9 Å². The van der Waals surface area contributed by atoms with E-state index in [1.807, 2.05) is 12.2 Å². The van der Waals surface area contributed by atoms with E-state index in [0.29, 0.717) is 23.4 Å². The van der Waals surface area contributed by atoms with Gasteiger partial charge in [-0.3, -0.25) is 4.57 Å². The molecule has 25 heavy (non-hydrogen) atoms. The number of nitrogens with one attached hydrogen (secondary N) is 1. The highest BCUT2D eigenvalue weighted by Gasteiger charge is 2.44. The number of aromatic nitrogens is 4. The normalized spacial score (nSPS) is 34.9. The first-order valence-corrected chi connectivity index (χ1v) is 8.01. The van der Waals surface area contributed by atoms with E-state index in [9.17, 15) is 20.4 Å². The van der Waals surface area contributed by atoms with Crippen molar-refractivity contribution in [2.24, 2.45) is 0 Å². The third kappa shape index (κ3) is 2.68. The average Bonchev–Trinajstić information content (AvgIpc) is 3.29. The summed E-state index contributed by atoms with van der Waals surface area (Å²) < 4.78 is 7.01. The van der Waals surface area contributed by atoms with Gasteiger partial charge in [0.2, 0.25) is 0 Å². The van der Waals surface area contributed by atoms with Gasteiger partial charge >= 0.3 is 0 Å². The fourth-order valence-electron chi connectivity index (χ4n) is 3.20. The summed E-state index contributed by atoms with van der Waals surface area (Å²) >= 11 is 0. The average molecular weight is 349 g/mol. The first-order chi connectivity index (χ1) is 12.1. The Morgan fingerprint density at radius 1 is 1.20 bits per heavy atom. The second-order valence-electron chi connectivity index (χ2n) is 6.18. The smallest absolute Gasteiger partial charge is 0.167 e. The fourth-order valence-corrected chi connectivity index (χ4v) is 3.20. The van der Waals surface area contributed by atoms with Crippen LogP contribution in [0.4, 0.5) is 5.82 Å². The number of hydrogen-bond acceptors (Lipinski definition) is 9. The molecule has 1 fully saturated rings. The topological polar surface area (TPSA) is 146 Å². The van der Waals surface area contributed by atoms with Crippen molar-refractivity contribution < 1.29 is 25.2 Å². The van der Waals surface area contributed by atoms with Crippen LogP contribution in [-0.2, 0) is 4.74 Å². The summed E-state index contributed by atoms with van der Waals surface area (Å²) in [5.74, 6) is 0.450. The molecular formula is C15H19N5O5. The summed E-state index contributed by atoms with van der Waals surface area (Å²) in [4.78, 5) is 12.6. The number of rotatable bonds is 4. The second kappa shape index (κ2) is 6.32. The van der Waals surface area contributed by atoms with Crippen molar-refractivity contribution in [3.63, 3.8) is 0 Å². The number of ether oxygens (including phenoxy) is 1. The lowest BCUT2D eigenvalue weighted by molar-refractivity contribution is -0.0511. The molecule has 3 heterocycles. The molecule has 134 valence electrons. The zero-order valence-corrected chi connectivity index (χ0v) is 13.2. The SMILES string of the molecule is OC[C@H]1O[C@@H](n2cnc3c(N[C@@H]4C=CC[C@@H]4O)ncnc32)[C@H](O)[C@@H]1O. The minimum atomic E-state index is -1.22. The molecule has 6 atom stereocenters.